The summed E-state index contributed by atoms with van der Waals surface area (Å²) >= 11 is 0. The maximum Gasteiger partial charge on any atom is 0.336 e. The van der Waals surface area contributed by atoms with Gasteiger partial charge in [-0.2, -0.15) is 10.2 Å². The molecule has 0 unspecified atom stereocenters. The van der Waals surface area contributed by atoms with Gasteiger partial charge in [0.2, 0.25) is 0 Å². The summed E-state index contributed by atoms with van der Waals surface area (Å²) in [4.78, 5) is 16.0. The smallest absolute Gasteiger partial charge is 0.336 e. The van der Waals surface area contributed by atoms with Crippen LogP contribution in [0.25, 0.3) is 22.2 Å². The van der Waals surface area contributed by atoms with Gasteiger partial charge in [-0.15, -0.1) is 0 Å². The number of hydrogen-bond acceptors (Lipinski definition) is 6. The number of carboxylic acids is 1. The monoisotopic (exact) mass is 474 g/mol. The number of carbonyl (C=O) groups is 1. The highest BCUT2D eigenvalue weighted by Gasteiger charge is 2.27. The van der Waals surface area contributed by atoms with Crippen LogP contribution in [0.15, 0.2) is 42.9 Å². The van der Waals surface area contributed by atoms with Crippen molar-refractivity contribution in [1.29, 1.82) is 0 Å². The van der Waals surface area contributed by atoms with Crippen LogP contribution < -0.4 is 10.1 Å². The second-order valence-corrected chi connectivity index (χ2v) is 9.10. The second-order valence-electron chi connectivity index (χ2n) is 9.10. The number of carboxylic acid groups (broad SMARTS) is 1. The van der Waals surface area contributed by atoms with Crippen molar-refractivity contribution in [2.75, 3.05) is 11.9 Å². The first-order chi connectivity index (χ1) is 16.9. The number of nitrogens with zero attached hydrogens (tertiary/aromatic N) is 5. The average molecular weight is 475 g/mol. The number of ether oxygens (including phenoxy) is 1. The van der Waals surface area contributed by atoms with Crippen LogP contribution in [0, 0.1) is 6.92 Å². The van der Waals surface area contributed by atoms with E-state index in [0.29, 0.717) is 11.3 Å². The van der Waals surface area contributed by atoms with Crippen LogP contribution in [-0.4, -0.2) is 48.3 Å². The van der Waals surface area contributed by atoms with Crippen molar-refractivity contribution in [2.24, 2.45) is 7.05 Å². The highest BCUT2D eigenvalue weighted by Crippen LogP contribution is 2.37. The van der Waals surface area contributed by atoms with Crippen molar-refractivity contribution in [3.63, 3.8) is 0 Å². The molecule has 0 saturated heterocycles. The number of fused-ring (bicyclic) bond motifs is 1. The van der Waals surface area contributed by atoms with E-state index in [9.17, 15) is 9.90 Å². The number of pyridine rings is 1. The van der Waals surface area contributed by atoms with Crippen molar-refractivity contribution in [3.8, 4) is 17.0 Å². The number of aromatic nitrogens is 5. The molecule has 0 spiro atoms. The predicted octanol–water partition coefficient (Wildman–Crippen LogP) is 4.83. The normalized spacial score (nSPS) is 18.0. The molecule has 0 amide bonds. The molecule has 3 aromatic heterocycles. The summed E-state index contributed by atoms with van der Waals surface area (Å²) < 4.78 is 10.2. The van der Waals surface area contributed by atoms with Crippen molar-refractivity contribution in [1.82, 2.24) is 24.5 Å². The first kappa shape index (κ1) is 22.9. The number of anilines is 1. The lowest BCUT2D eigenvalue weighted by molar-refractivity contribution is 0.0694. The van der Waals surface area contributed by atoms with Gasteiger partial charge in [-0.25, -0.2) is 9.78 Å². The fraction of sp³-hybridized carbons (Fsp3) is 0.385. The lowest BCUT2D eigenvalue weighted by Gasteiger charge is -2.30. The van der Waals surface area contributed by atoms with Crippen LogP contribution in [0.5, 0.6) is 5.75 Å². The van der Waals surface area contributed by atoms with Crippen molar-refractivity contribution >= 4 is 22.7 Å². The largest absolute Gasteiger partial charge is 0.490 e. The Morgan fingerprint density at radius 3 is 2.71 bits per heavy atom. The van der Waals surface area contributed by atoms with Crippen molar-refractivity contribution < 1.29 is 14.6 Å². The molecular formula is C26H30N6O3. The van der Waals surface area contributed by atoms with Gasteiger partial charge in [0.15, 0.2) is 0 Å². The fourth-order valence-electron chi connectivity index (χ4n) is 4.91. The molecule has 4 aromatic rings. The Morgan fingerprint density at radius 2 is 2.03 bits per heavy atom. The van der Waals surface area contributed by atoms with Crippen LogP contribution >= 0.6 is 0 Å². The van der Waals surface area contributed by atoms with Crippen molar-refractivity contribution in [3.05, 3.63) is 54.0 Å². The van der Waals surface area contributed by atoms with Crippen LogP contribution in [0.2, 0.25) is 0 Å². The number of benzene rings is 1. The molecule has 35 heavy (non-hydrogen) atoms. The molecule has 3 heterocycles. The van der Waals surface area contributed by atoms with E-state index in [1.807, 2.05) is 31.7 Å². The van der Waals surface area contributed by atoms with Crippen LogP contribution in [0.4, 0.5) is 5.82 Å². The zero-order chi connectivity index (χ0) is 24.5. The Labute approximate surface area is 203 Å². The molecule has 9 nitrogen and oxygen atoms in total. The van der Waals surface area contributed by atoms with E-state index in [1.54, 1.807) is 23.7 Å². The standard InChI is InChI=1S/C26H30N6O3/c1-4-27-24-12-22-21(14-28-24)25(17-13-29-31(3)15-17)30-32(22)18-8-10-19(11-9-18)35-23-7-5-6-20(16(23)2)26(33)34/h5-7,12-15,18-19H,4,8-11H2,1-3H3,(H,27,28)(H,33,34)/t18-,19+. The van der Waals surface area contributed by atoms with Gasteiger partial charge in [-0.05, 0) is 51.7 Å². The number of rotatable bonds is 7. The molecule has 182 valence electrons. The number of aryl methyl sites for hydroxylation is 1. The van der Waals surface area contributed by atoms with E-state index in [4.69, 9.17) is 9.84 Å². The summed E-state index contributed by atoms with van der Waals surface area (Å²) in [6, 6.07) is 7.52. The summed E-state index contributed by atoms with van der Waals surface area (Å²) in [5, 5.41) is 23.1. The molecule has 1 fully saturated rings. The average Bonchev–Trinajstić information content (AvgIpc) is 3.44. The van der Waals surface area contributed by atoms with Gasteiger partial charge in [0.1, 0.15) is 17.3 Å². The van der Waals surface area contributed by atoms with Gasteiger partial charge < -0.3 is 15.2 Å². The van der Waals surface area contributed by atoms with Crippen LogP contribution in [-0.2, 0) is 7.05 Å². The maximum absolute atomic E-state index is 11.5. The van der Waals surface area contributed by atoms with E-state index in [1.165, 1.54) is 0 Å². The second kappa shape index (κ2) is 9.40. The van der Waals surface area contributed by atoms with Gasteiger partial charge in [-0.1, -0.05) is 6.07 Å². The fourth-order valence-corrected chi connectivity index (χ4v) is 4.91. The van der Waals surface area contributed by atoms with Crippen LogP contribution in [0.1, 0.15) is 54.6 Å². The Kier molecular flexibility index (Phi) is 6.15. The van der Waals surface area contributed by atoms with Gasteiger partial charge in [0.05, 0.1) is 29.4 Å². The minimum atomic E-state index is -0.932. The molecule has 0 atom stereocenters. The molecule has 1 aliphatic rings. The van der Waals surface area contributed by atoms with Gasteiger partial charge in [-0.3, -0.25) is 9.36 Å². The quantitative estimate of drug-likeness (QED) is 0.395. The van der Waals surface area contributed by atoms with Crippen molar-refractivity contribution in [2.45, 2.75) is 51.7 Å². The molecule has 0 bridgehead atoms. The molecule has 1 saturated carbocycles. The van der Waals surface area contributed by atoms with Gasteiger partial charge in [0, 0.05) is 48.6 Å². The molecule has 2 N–H and O–H groups in total. The van der Waals surface area contributed by atoms with E-state index in [0.717, 1.165) is 60.2 Å². The van der Waals surface area contributed by atoms with E-state index < -0.39 is 5.97 Å². The third-order valence-corrected chi connectivity index (χ3v) is 6.73. The Balaban J connectivity index is 1.39. The lowest BCUT2D eigenvalue weighted by Crippen LogP contribution is -2.26. The topological polar surface area (TPSA) is 107 Å². The SMILES string of the molecule is CCNc1cc2c(cn1)c(-c1cnn(C)c1)nn2[C@H]1CC[C@@H](Oc2cccc(C(=O)O)c2C)CC1. The first-order valence-corrected chi connectivity index (χ1v) is 12.0. The van der Waals surface area contributed by atoms with E-state index in [-0.39, 0.29) is 17.7 Å². The third kappa shape index (κ3) is 4.45. The molecule has 0 radical (unpaired) electrons. The molecular weight excluding hydrogens is 444 g/mol. The van der Waals surface area contributed by atoms with E-state index in [2.05, 4.69) is 33.1 Å². The van der Waals surface area contributed by atoms with Gasteiger partial charge in [0.25, 0.3) is 0 Å². The minimum absolute atomic E-state index is 0.0487. The summed E-state index contributed by atoms with van der Waals surface area (Å²) in [5.41, 5.74) is 3.88. The summed E-state index contributed by atoms with van der Waals surface area (Å²) in [7, 11) is 1.90. The number of hydrogen-bond donors (Lipinski definition) is 2. The molecule has 5 rings (SSSR count). The summed E-state index contributed by atoms with van der Waals surface area (Å²) in [5.74, 6) is 0.556. The predicted molar refractivity (Wildman–Crippen MR) is 134 cm³/mol. The molecule has 1 aromatic carbocycles. The Hall–Kier alpha value is -3.88. The number of nitrogens with one attached hydrogen (secondary N) is 1. The Bertz CT molecular complexity index is 1370. The van der Waals surface area contributed by atoms with E-state index >= 15 is 0 Å². The highest BCUT2D eigenvalue weighted by atomic mass is 16.5. The third-order valence-electron chi connectivity index (χ3n) is 6.73. The van der Waals surface area contributed by atoms with Crippen LogP contribution in [0.3, 0.4) is 0 Å². The number of aromatic carboxylic acids is 1. The molecule has 1 aliphatic carbocycles. The zero-order valence-electron chi connectivity index (χ0n) is 20.2. The zero-order valence-corrected chi connectivity index (χ0v) is 20.2. The summed E-state index contributed by atoms with van der Waals surface area (Å²) in [6.07, 6.45) is 9.34. The first-order valence-electron chi connectivity index (χ1n) is 12.0. The minimum Gasteiger partial charge on any atom is -0.490 e. The maximum atomic E-state index is 11.5. The lowest BCUT2D eigenvalue weighted by atomic mass is 9.92. The summed E-state index contributed by atoms with van der Waals surface area (Å²) in [6.45, 7) is 4.66. The Morgan fingerprint density at radius 1 is 1.23 bits per heavy atom. The van der Waals surface area contributed by atoms with Gasteiger partial charge >= 0.3 is 5.97 Å². The molecule has 9 heteroatoms. The molecule has 0 aliphatic heterocycles. The highest BCUT2D eigenvalue weighted by molar-refractivity contribution is 5.93.